The molecule has 1 aromatic rings. The molecule has 2 fully saturated rings. The van der Waals surface area contributed by atoms with E-state index >= 15 is 0 Å². The molecule has 2 atom stereocenters. The van der Waals surface area contributed by atoms with Crippen molar-refractivity contribution in [1.29, 1.82) is 0 Å². The maximum atomic E-state index is 13.6. The van der Waals surface area contributed by atoms with Gasteiger partial charge in [-0.1, -0.05) is 6.07 Å². The summed E-state index contributed by atoms with van der Waals surface area (Å²) >= 11 is 0. The third-order valence-corrected chi connectivity index (χ3v) is 6.06. The van der Waals surface area contributed by atoms with Gasteiger partial charge in [0.05, 0.1) is 24.5 Å². The number of likely N-dealkylation sites (tertiary alicyclic amines) is 1. The summed E-state index contributed by atoms with van der Waals surface area (Å²) in [7, 11) is -1.45. The second-order valence-corrected chi connectivity index (χ2v) is 8.24. The van der Waals surface area contributed by atoms with Gasteiger partial charge in [-0.25, -0.2) is 12.8 Å². The van der Waals surface area contributed by atoms with E-state index in [4.69, 9.17) is 4.74 Å². The molecule has 0 unspecified atom stereocenters. The fourth-order valence-electron chi connectivity index (χ4n) is 3.31. The summed E-state index contributed by atoms with van der Waals surface area (Å²) in [4.78, 5) is 2.07. The van der Waals surface area contributed by atoms with Gasteiger partial charge in [-0.3, -0.25) is 0 Å². The number of hydrogen-bond acceptors (Lipinski definition) is 4. The molecule has 2 heterocycles. The number of sulfonamides is 1. The van der Waals surface area contributed by atoms with E-state index in [2.05, 4.69) is 4.90 Å². The van der Waals surface area contributed by atoms with Gasteiger partial charge in [0, 0.05) is 19.6 Å². The summed E-state index contributed by atoms with van der Waals surface area (Å²) in [6, 6.07) is 4.47. The Kier molecular flexibility index (Phi) is 4.24. The van der Waals surface area contributed by atoms with Crippen LogP contribution in [0.1, 0.15) is 11.1 Å². The fourth-order valence-corrected chi connectivity index (χ4v) is 4.81. The van der Waals surface area contributed by atoms with Crippen molar-refractivity contribution in [3.8, 4) is 0 Å². The molecule has 0 spiro atoms. The summed E-state index contributed by atoms with van der Waals surface area (Å²) in [6.45, 7) is 3.57. The van der Waals surface area contributed by atoms with Crippen molar-refractivity contribution in [1.82, 2.24) is 9.21 Å². The zero-order chi connectivity index (χ0) is 15.9. The maximum absolute atomic E-state index is 13.6. The van der Waals surface area contributed by atoms with Crippen LogP contribution in [0.25, 0.3) is 0 Å². The number of fused-ring (bicyclic) bond motifs is 1. The highest BCUT2D eigenvalue weighted by atomic mass is 32.2. The number of rotatable bonds is 2. The Morgan fingerprint density at radius 2 is 2.09 bits per heavy atom. The van der Waals surface area contributed by atoms with Crippen LogP contribution in [0.15, 0.2) is 18.2 Å². The molecule has 0 saturated carbocycles. The summed E-state index contributed by atoms with van der Waals surface area (Å²) in [5.41, 5.74) is 1.47. The number of ether oxygens (including phenoxy) is 1. The number of aryl methyl sites for hydroxylation is 1. The van der Waals surface area contributed by atoms with Crippen molar-refractivity contribution >= 4 is 10.0 Å². The number of halogens is 1. The molecule has 2 aliphatic heterocycles. The first kappa shape index (κ1) is 15.9. The lowest BCUT2D eigenvalue weighted by molar-refractivity contribution is 0.0469. The SMILES string of the molecule is Cc1cc(F)cc(CN2[C@@H]3CN(C)C[C@@H]3OCCS2(=O)=O)c1. The lowest BCUT2D eigenvalue weighted by atomic mass is 10.1. The van der Waals surface area contributed by atoms with Crippen LogP contribution in [0.5, 0.6) is 0 Å². The van der Waals surface area contributed by atoms with E-state index in [1.54, 1.807) is 6.92 Å². The topological polar surface area (TPSA) is 49.9 Å². The highest BCUT2D eigenvalue weighted by Gasteiger charge is 2.43. The first-order valence-corrected chi connectivity index (χ1v) is 9.02. The fraction of sp³-hybridized carbons (Fsp3) is 0.600. The zero-order valence-electron chi connectivity index (χ0n) is 12.8. The van der Waals surface area contributed by atoms with Crippen LogP contribution in [0, 0.1) is 12.7 Å². The Labute approximate surface area is 130 Å². The molecule has 122 valence electrons. The predicted molar refractivity (Wildman–Crippen MR) is 81.5 cm³/mol. The average Bonchev–Trinajstić information content (AvgIpc) is 2.70. The monoisotopic (exact) mass is 328 g/mol. The van der Waals surface area contributed by atoms with Gasteiger partial charge < -0.3 is 9.64 Å². The van der Waals surface area contributed by atoms with Gasteiger partial charge in [-0.2, -0.15) is 4.31 Å². The van der Waals surface area contributed by atoms with Crippen molar-refractivity contribution < 1.29 is 17.5 Å². The molecule has 2 aliphatic rings. The average molecular weight is 328 g/mol. The first-order valence-electron chi connectivity index (χ1n) is 7.41. The van der Waals surface area contributed by atoms with Gasteiger partial charge in [-0.15, -0.1) is 0 Å². The second kappa shape index (κ2) is 5.88. The van der Waals surface area contributed by atoms with E-state index in [-0.39, 0.29) is 36.9 Å². The van der Waals surface area contributed by atoms with Crippen LogP contribution < -0.4 is 0 Å². The Bertz CT molecular complexity index is 645. The molecule has 5 nitrogen and oxygen atoms in total. The molecule has 2 saturated heterocycles. The van der Waals surface area contributed by atoms with Gasteiger partial charge in [0.2, 0.25) is 10.0 Å². The highest BCUT2D eigenvalue weighted by Crippen LogP contribution is 2.26. The minimum Gasteiger partial charge on any atom is -0.374 e. The molecule has 0 bridgehead atoms. The standard InChI is InChI=1S/C15H21FN2O3S/c1-11-5-12(7-13(16)6-11)8-18-14-9-17(2)10-15(14)21-3-4-22(18,19)20/h5-7,14-15H,3-4,8-10H2,1-2H3/t14-,15+/m1/s1. The minimum atomic E-state index is -3.40. The van der Waals surface area contributed by atoms with Crippen molar-refractivity contribution in [2.75, 3.05) is 32.5 Å². The van der Waals surface area contributed by atoms with E-state index in [0.717, 1.165) is 12.1 Å². The van der Waals surface area contributed by atoms with Gasteiger partial charge in [0.15, 0.2) is 0 Å². The van der Waals surface area contributed by atoms with Crippen LogP contribution >= 0.6 is 0 Å². The minimum absolute atomic E-state index is 0.0159. The van der Waals surface area contributed by atoms with Crippen molar-refractivity contribution in [2.45, 2.75) is 25.6 Å². The molecule has 0 N–H and O–H groups in total. The maximum Gasteiger partial charge on any atom is 0.217 e. The number of benzene rings is 1. The third-order valence-electron chi connectivity index (χ3n) is 4.26. The number of nitrogens with zero attached hydrogens (tertiary/aromatic N) is 2. The summed E-state index contributed by atoms with van der Waals surface area (Å²) < 4.78 is 45.9. The molecule has 0 radical (unpaired) electrons. The van der Waals surface area contributed by atoms with Gasteiger partial charge in [0.1, 0.15) is 5.82 Å². The van der Waals surface area contributed by atoms with Crippen molar-refractivity contribution in [3.63, 3.8) is 0 Å². The third kappa shape index (κ3) is 3.17. The molecular formula is C15H21FN2O3S. The van der Waals surface area contributed by atoms with E-state index in [1.165, 1.54) is 16.4 Å². The second-order valence-electron chi connectivity index (χ2n) is 6.20. The highest BCUT2D eigenvalue weighted by molar-refractivity contribution is 7.89. The Balaban J connectivity index is 1.93. The molecule has 7 heteroatoms. The smallest absolute Gasteiger partial charge is 0.217 e. The quantitative estimate of drug-likeness (QED) is 0.812. The zero-order valence-corrected chi connectivity index (χ0v) is 13.6. The lowest BCUT2D eigenvalue weighted by Gasteiger charge is -2.28. The molecule has 22 heavy (non-hydrogen) atoms. The molecule has 0 aliphatic carbocycles. The predicted octanol–water partition coefficient (Wildman–Crippen LogP) is 0.979. The summed E-state index contributed by atoms with van der Waals surface area (Å²) in [5.74, 6) is -0.351. The van der Waals surface area contributed by atoms with E-state index in [9.17, 15) is 12.8 Å². The van der Waals surface area contributed by atoms with Crippen LogP contribution in [-0.2, 0) is 21.3 Å². The van der Waals surface area contributed by atoms with E-state index in [0.29, 0.717) is 12.1 Å². The van der Waals surface area contributed by atoms with Crippen LogP contribution in [0.3, 0.4) is 0 Å². The van der Waals surface area contributed by atoms with Crippen LogP contribution in [0.2, 0.25) is 0 Å². The first-order chi connectivity index (χ1) is 10.3. The van der Waals surface area contributed by atoms with E-state index < -0.39 is 10.0 Å². The number of hydrogen-bond donors (Lipinski definition) is 0. The molecule has 1 aromatic carbocycles. The van der Waals surface area contributed by atoms with Crippen molar-refractivity contribution in [3.05, 3.63) is 35.1 Å². The van der Waals surface area contributed by atoms with Gasteiger partial charge in [0.25, 0.3) is 0 Å². The molecule has 0 aromatic heterocycles. The summed E-state index contributed by atoms with van der Waals surface area (Å²) in [6.07, 6.45) is -0.114. The largest absolute Gasteiger partial charge is 0.374 e. The van der Waals surface area contributed by atoms with Crippen LogP contribution in [0.4, 0.5) is 4.39 Å². The van der Waals surface area contributed by atoms with E-state index in [1.807, 2.05) is 13.1 Å². The van der Waals surface area contributed by atoms with Crippen LogP contribution in [-0.4, -0.2) is 62.3 Å². The summed E-state index contributed by atoms with van der Waals surface area (Å²) in [5, 5.41) is 0. The van der Waals surface area contributed by atoms with Gasteiger partial charge >= 0.3 is 0 Å². The Morgan fingerprint density at radius 3 is 2.82 bits per heavy atom. The molecular weight excluding hydrogens is 307 g/mol. The number of likely N-dealkylation sites (N-methyl/N-ethyl adjacent to an activating group) is 1. The van der Waals surface area contributed by atoms with Crippen molar-refractivity contribution in [2.24, 2.45) is 0 Å². The normalized spacial score (nSPS) is 29.2. The Morgan fingerprint density at radius 1 is 1.32 bits per heavy atom. The molecule has 0 amide bonds. The Hall–Kier alpha value is -1.02. The van der Waals surface area contributed by atoms with Gasteiger partial charge in [-0.05, 0) is 37.2 Å². The lowest BCUT2D eigenvalue weighted by Crippen LogP contribution is -2.45. The molecule has 3 rings (SSSR count).